The van der Waals surface area contributed by atoms with Crippen molar-refractivity contribution < 1.29 is 6.16 Å². The van der Waals surface area contributed by atoms with Crippen molar-refractivity contribution >= 4 is 27.1 Å². The summed E-state index contributed by atoms with van der Waals surface area (Å²) in [5.41, 5.74) is 2.83. The van der Waals surface area contributed by atoms with Crippen molar-refractivity contribution in [1.82, 2.24) is 0 Å². The number of hydrogen-bond donors (Lipinski definition) is 0. The fourth-order valence-corrected chi connectivity index (χ4v) is 4.90. The van der Waals surface area contributed by atoms with E-state index >= 15 is 0 Å². The summed E-state index contributed by atoms with van der Waals surface area (Å²) in [6, 6.07) is 13.3. The highest BCUT2D eigenvalue weighted by Crippen LogP contribution is 2.43. The topological polar surface area (TPSA) is 9.23 Å². The van der Waals surface area contributed by atoms with Gasteiger partial charge in [-0.3, -0.25) is 0 Å². The number of rotatable bonds is 1. The molecule has 2 unspecified atom stereocenters. The molecule has 20 heavy (non-hydrogen) atoms. The van der Waals surface area contributed by atoms with E-state index < -0.39 is 0 Å². The Hall–Kier alpha value is -1.38. The maximum atomic E-state index is 6.26. The van der Waals surface area contributed by atoms with Crippen molar-refractivity contribution in [3.8, 4) is 0 Å². The smallest absolute Gasteiger partial charge is 0.379 e. The fourth-order valence-electron chi connectivity index (χ4n) is 3.83. The number of hydrogen-bond acceptors (Lipinski definition) is 1. The summed E-state index contributed by atoms with van der Waals surface area (Å²) in [6.45, 7) is 0.936. The van der Waals surface area contributed by atoms with Crippen molar-refractivity contribution in [2.24, 2.45) is 0 Å². The monoisotopic (exact) mass is 281 g/mol. The summed E-state index contributed by atoms with van der Waals surface area (Å²) in [7, 11) is 1.09. The summed E-state index contributed by atoms with van der Waals surface area (Å²) < 4.78 is 6.26. The SMILES string of the molecule is [H+].[SiH3]C1(C2C=Cc3cccc4cccc2c34)CCCCO1. The fraction of sp³-hybridized carbons (Fsp3) is 0.333. The molecular formula is C18H21OSi+. The molecule has 2 aliphatic rings. The highest BCUT2D eigenvalue weighted by atomic mass is 28.1. The molecule has 1 saturated heterocycles. The Morgan fingerprint density at radius 1 is 1.15 bits per heavy atom. The van der Waals surface area contributed by atoms with Gasteiger partial charge >= 0.3 is 1.43 Å². The maximum Gasteiger partial charge on any atom is 1.00 e. The normalized spacial score (nSPS) is 28.9. The molecule has 2 aromatic rings. The lowest BCUT2D eigenvalue weighted by Gasteiger charge is -2.41. The van der Waals surface area contributed by atoms with Gasteiger partial charge in [0.1, 0.15) is 0 Å². The second kappa shape index (κ2) is 4.57. The van der Waals surface area contributed by atoms with Crippen molar-refractivity contribution in [3.05, 3.63) is 53.6 Å². The molecule has 1 fully saturated rings. The first-order valence-electron chi connectivity index (χ1n) is 7.62. The van der Waals surface area contributed by atoms with Crippen LogP contribution >= 0.6 is 0 Å². The van der Waals surface area contributed by atoms with Gasteiger partial charge < -0.3 is 4.74 Å². The summed E-state index contributed by atoms with van der Waals surface area (Å²) >= 11 is 0. The van der Waals surface area contributed by atoms with E-state index in [-0.39, 0.29) is 6.65 Å². The van der Waals surface area contributed by atoms with Gasteiger partial charge in [0, 0.05) is 22.8 Å². The predicted octanol–water partition coefficient (Wildman–Crippen LogP) is 3.32. The molecule has 2 heteroatoms. The largest absolute Gasteiger partial charge is 1.00 e. The van der Waals surface area contributed by atoms with E-state index in [1.807, 2.05) is 0 Å². The van der Waals surface area contributed by atoms with Gasteiger partial charge in [-0.25, -0.2) is 0 Å². The minimum atomic E-state index is 0. The van der Waals surface area contributed by atoms with Gasteiger partial charge in [-0.05, 0) is 41.2 Å². The molecule has 2 atom stereocenters. The van der Waals surface area contributed by atoms with Gasteiger partial charge in [0.2, 0.25) is 0 Å². The van der Waals surface area contributed by atoms with Gasteiger partial charge in [-0.15, -0.1) is 0 Å². The van der Waals surface area contributed by atoms with Crippen LogP contribution in [0.4, 0.5) is 0 Å². The lowest BCUT2D eigenvalue weighted by atomic mass is 9.80. The molecule has 0 spiro atoms. The third-order valence-electron chi connectivity index (χ3n) is 4.93. The van der Waals surface area contributed by atoms with E-state index in [2.05, 4.69) is 48.6 Å². The molecule has 1 heterocycles. The van der Waals surface area contributed by atoms with Crippen LogP contribution in [0.5, 0.6) is 0 Å². The van der Waals surface area contributed by atoms with Crippen molar-refractivity contribution in [2.45, 2.75) is 30.4 Å². The van der Waals surface area contributed by atoms with Gasteiger partial charge in [0.05, 0.1) is 5.22 Å². The predicted molar refractivity (Wildman–Crippen MR) is 89.3 cm³/mol. The Morgan fingerprint density at radius 3 is 2.80 bits per heavy atom. The zero-order valence-electron chi connectivity index (χ0n) is 12.9. The van der Waals surface area contributed by atoms with E-state index in [9.17, 15) is 0 Å². The van der Waals surface area contributed by atoms with Crippen LogP contribution in [0.25, 0.3) is 16.8 Å². The Kier molecular flexibility index (Phi) is 2.83. The average molecular weight is 281 g/mol. The molecule has 1 nitrogen and oxygen atoms in total. The molecule has 0 bridgehead atoms. The third-order valence-corrected chi connectivity index (χ3v) is 6.34. The highest BCUT2D eigenvalue weighted by Gasteiger charge is 2.37. The number of ether oxygens (including phenoxy) is 1. The molecule has 0 amide bonds. The van der Waals surface area contributed by atoms with E-state index in [1.165, 1.54) is 41.2 Å². The van der Waals surface area contributed by atoms with Crippen LogP contribution in [0.1, 0.15) is 37.7 Å². The van der Waals surface area contributed by atoms with Crippen LogP contribution in [-0.4, -0.2) is 22.1 Å². The molecule has 0 N–H and O–H groups in total. The first-order valence-corrected chi connectivity index (χ1v) is 8.62. The molecule has 1 aliphatic carbocycles. The van der Waals surface area contributed by atoms with Crippen LogP contribution in [0.3, 0.4) is 0 Å². The number of benzene rings is 2. The summed E-state index contributed by atoms with van der Waals surface area (Å²) in [6.07, 6.45) is 8.44. The van der Waals surface area contributed by atoms with Gasteiger partial charge in [-0.2, -0.15) is 0 Å². The molecular weight excluding hydrogens is 260 g/mol. The molecule has 2 aromatic carbocycles. The van der Waals surface area contributed by atoms with Crippen molar-refractivity contribution in [3.63, 3.8) is 0 Å². The molecule has 1 aliphatic heterocycles. The first kappa shape index (κ1) is 12.4. The average Bonchev–Trinajstić information content (AvgIpc) is 2.49. The Balaban J connectivity index is 0.00000132. The van der Waals surface area contributed by atoms with Gasteiger partial charge in [-0.1, -0.05) is 48.6 Å². The van der Waals surface area contributed by atoms with Gasteiger partial charge in [0.25, 0.3) is 0 Å². The lowest BCUT2D eigenvalue weighted by molar-refractivity contribution is -0.0261. The molecule has 4 rings (SSSR count). The molecule has 0 radical (unpaired) electrons. The van der Waals surface area contributed by atoms with Crippen molar-refractivity contribution in [2.75, 3.05) is 6.61 Å². The standard InChI is InChI=1S/C18H20OSi/c20-18(11-1-2-12-19-18)16-10-9-14-6-3-5-13-7-4-8-15(16)17(13)14/h3-10,16H,1-2,11-12H2,20H3/p+1. The maximum absolute atomic E-state index is 6.26. The van der Waals surface area contributed by atoms with Crippen LogP contribution in [0, 0.1) is 0 Å². The third kappa shape index (κ3) is 1.79. The summed E-state index contributed by atoms with van der Waals surface area (Å²) in [5.74, 6) is 0.438. The van der Waals surface area contributed by atoms with Crippen LogP contribution in [-0.2, 0) is 4.74 Å². The minimum absolute atomic E-state index is 0. The second-order valence-electron chi connectivity index (χ2n) is 6.25. The molecule has 0 aromatic heterocycles. The van der Waals surface area contributed by atoms with E-state index in [1.54, 1.807) is 0 Å². The zero-order chi connectivity index (χ0) is 13.6. The minimum Gasteiger partial charge on any atom is -0.379 e. The lowest BCUT2D eigenvalue weighted by Crippen LogP contribution is -2.42. The van der Waals surface area contributed by atoms with E-state index in [0.29, 0.717) is 5.92 Å². The summed E-state index contributed by atoms with van der Waals surface area (Å²) in [5, 5.41) is 2.89. The Labute approximate surface area is 124 Å². The van der Waals surface area contributed by atoms with Crippen LogP contribution in [0.15, 0.2) is 42.5 Å². The van der Waals surface area contributed by atoms with Crippen molar-refractivity contribution in [1.29, 1.82) is 0 Å². The molecule has 0 saturated carbocycles. The quantitative estimate of drug-likeness (QED) is 0.729. The summed E-state index contributed by atoms with van der Waals surface area (Å²) in [4.78, 5) is 0. The van der Waals surface area contributed by atoms with Gasteiger partial charge in [0.15, 0.2) is 0 Å². The first-order chi connectivity index (χ1) is 9.78. The van der Waals surface area contributed by atoms with Crippen LogP contribution in [0.2, 0.25) is 0 Å². The Morgan fingerprint density at radius 2 is 2.00 bits per heavy atom. The second-order valence-corrected chi connectivity index (χ2v) is 7.94. The van der Waals surface area contributed by atoms with E-state index in [4.69, 9.17) is 4.74 Å². The van der Waals surface area contributed by atoms with E-state index in [0.717, 1.165) is 16.8 Å². The Bertz CT molecular complexity index is 683. The molecule has 102 valence electrons. The zero-order valence-corrected chi connectivity index (χ0v) is 13.9. The highest BCUT2D eigenvalue weighted by molar-refractivity contribution is 6.16. The van der Waals surface area contributed by atoms with Crippen LogP contribution < -0.4 is 0 Å².